The summed E-state index contributed by atoms with van der Waals surface area (Å²) in [5.41, 5.74) is -20.5. The summed E-state index contributed by atoms with van der Waals surface area (Å²) in [5, 5.41) is 0. The highest BCUT2D eigenvalue weighted by atomic mass is 32.3. The Morgan fingerprint density at radius 2 is 0.807 bits per heavy atom. The molecule has 0 N–H and O–H groups in total. The van der Waals surface area contributed by atoms with Crippen molar-refractivity contribution >= 4 is 28.9 Å². The SMILES string of the molecule is O=C(CS(CC(=O)c1cccc2c1CCCC2)(c1cc(C(F)(F)F)cc(C(F)(F)F)c1)c1c(OB(Oc2cc(C(F)(F)F)cc(C(F)(F)F)c2)Oc2cc(C(F)(F)F)cc(C(F)(F)F)c2)cc(C(F)(F)F)cc1C(F)(F)F)c1ccccc1. The number of hydrogen-bond acceptors (Lipinski definition) is 5. The molecule has 0 aromatic heterocycles. The number of fused-ring (bicyclic) bond motifs is 1. The minimum atomic E-state index is -6.48. The van der Waals surface area contributed by atoms with Gasteiger partial charge in [-0.05, 0) is 108 Å². The van der Waals surface area contributed by atoms with Crippen LogP contribution in [0.5, 0.6) is 17.2 Å². The third-order valence-electron chi connectivity index (χ3n) is 12.4. The number of benzene rings is 6. The van der Waals surface area contributed by atoms with Crippen LogP contribution in [0.1, 0.15) is 89.2 Å². The summed E-state index contributed by atoms with van der Waals surface area (Å²) in [4.78, 5) is 25.9. The lowest BCUT2D eigenvalue weighted by molar-refractivity contribution is -0.146. The summed E-state index contributed by atoms with van der Waals surface area (Å²) in [6.45, 7) is 0. The van der Waals surface area contributed by atoms with Gasteiger partial charge in [0.25, 0.3) is 0 Å². The molecule has 0 fully saturated rings. The summed E-state index contributed by atoms with van der Waals surface area (Å²) in [6.07, 6.45) is -47.2. The summed E-state index contributed by atoms with van der Waals surface area (Å²) in [6, 6.07) is 3.11. The third-order valence-corrected chi connectivity index (χ3v) is 16.3. The molecule has 5 nitrogen and oxygen atoms in total. The Bertz CT molecular complexity index is 3220. The van der Waals surface area contributed by atoms with E-state index in [2.05, 4.69) is 0 Å². The Morgan fingerprint density at radius 1 is 0.410 bits per heavy atom. The number of ketones is 2. The molecule has 31 heteroatoms. The molecule has 1 unspecified atom stereocenters. The van der Waals surface area contributed by atoms with Crippen LogP contribution in [0, 0.1) is 0 Å². The zero-order valence-electron chi connectivity index (χ0n) is 40.8. The molecule has 0 spiro atoms. The Hall–Kier alpha value is -7.21. The molecule has 6 aromatic carbocycles. The van der Waals surface area contributed by atoms with Gasteiger partial charge in [0.2, 0.25) is 0 Å². The molecule has 0 saturated carbocycles. The predicted octanol–water partition coefficient (Wildman–Crippen LogP) is 18.2. The second-order valence-corrected chi connectivity index (χ2v) is 21.5. The van der Waals surface area contributed by atoms with Crippen molar-refractivity contribution in [3.05, 3.63) is 182 Å². The van der Waals surface area contributed by atoms with Gasteiger partial charge in [0.1, 0.15) is 17.2 Å². The maximum atomic E-state index is 16.2. The molecule has 1 aliphatic carbocycles. The standard InChI is InChI=1S/C52H31BF24O5S/c54-45(55,56)28-13-29(46(57,58)59)17-35(16-28)80-53(81-36-18-30(47(60,61)62)14-31(19-36)48(63,64)65)82-43-23-34(51(72,73)74)22-40(52(75,76)77)44(43)83(24-41(78)27-8-2-1-3-9-27,25-42(79)39-12-6-10-26-7-4-5-11-38(26)39)37-20-32(49(66,67)68)15-33(21-37)50(69,70)71/h1-3,6,8-10,12-23H,4-5,7,11,24-25H2. The van der Waals surface area contributed by atoms with Crippen LogP contribution in [-0.4, -0.2) is 30.4 Å². The highest BCUT2D eigenvalue weighted by Gasteiger charge is 2.51. The number of hydrogen-bond donors (Lipinski definition) is 0. The summed E-state index contributed by atoms with van der Waals surface area (Å²) < 4.78 is 369. The monoisotopic (exact) mass is 1230 g/mol. The smallest absolute Gasteiger partial charge is 0.490 e. The Kier molecular flexibility index (Phi) is 17.1. The van der Waals surface area contributed by atoms with Gasteiger partial charge >= 0.3 is 56.7 Å². The van der Waals surface area contributed by atoms with Gasteiger partial charge in [0, 0.05) is 27.5 Å². The second-order valence-electron chi connectivity index (χ2n) is 18.2. The molecular weight excluding hydrogens is 1200 g/mol. The number of carbonyl (C=O) groups excluding carboxylic acids is 2. The van der Waals surface area contributed by atoms with E-state index < -0.39 is 227 Å². The average Bonchev–Trinajstić information content (AvgIpc) is 1.00. The maximum absolute atomic E-state index is 16.2. The second kappa shape index (κ2) is 22.4. The van der Waals surface area contributed by atoms with Crippen LogP contribution in [0.2, 0.25) is 0 Å². The Balaban J connectivity index is 1.69. The van der Waals surface area contributed by atoms with Gasteiger partial charge in [-0.2, -0.15) is 115 Å². The van der Waals surface area contributed by atoms with E-state index in [4.69, 9.17) is 14.0 Å². The first-order chi connectivity index (χ1) is 37.9. The number of aryl methyl sites for hydroxylation is 1. The average molecular weight is 1230 g/mol. The van der Waals surface area contributed by atoms with Gasteiger partial charge in [-0.3, -0.25) is 9.59 Å². The lowest BCUT2D eigenvalue weighted by Crippen LogP contribution is -2.38. The van der Waals surface area contributed by atoms with Crippen LogP contribution < -0.4 is 14.0 Å². The Labute approximate surface area is 452 Å². The van der Waals surface area contributed by atoms with E-state index in [0.29, 0.717) is 12.0 Å². The number of halogens is 24. The fourth-order valence-electron chi connectivity index (χ4n) is 8.76. The van der Waals surface area contributed by atoms with Crippen LogP contribution in [0.15, 0.2) is 125 Å². The van der Waals surface area contributed by atoms with Gasteiger partial charge in [-0.15, -0.1) is 0 Å². The lowest BCUT2D eigenvalue weighted by atomic mass is 9.87. The topological polar surface area (TPSA) is 61.8 Å². The quantitative estimate of drug-likeness (QED) is 0.0618. The molecule has 0 heterocycles. The highest BCUT2D eigenvalue weighted by Crippen LogP contribution is 2.69. The van der Waals surface area contributed by atoms with E-state index in [9.17, 15) is 83.8 Å². The molecule has 446 valence electrons. The van der Waals surface area contributed by atoms with E-state index in [1.807, 2.05) is 0 Å². The van der Waals surface area contributed by atoms with Crippen molar-refractivity contribution < 1.29 is 129 Å². The van der Waals surface area contributed by atoms with Crippen molar-refractivity contribution in [3.8, 4) is 17.2 Å². The molecule has 0 radical (unpaired) electrons. The number of carbonyl (C=O) groups is 2. The van der Waals surface area contributed by atoms with E-state index in [-0.39, 0.29) is 37.0 Å². The third kappa shape index (κ3) is 14.8. The molecule has 0 saturated heterocycles. The van der Waals surface area contributed by atoms with Crippen molar-refractivity contribution in [2.45, 2.75) is 84.9 Å². The molecule has 6 aromatic rings. The molecule has 0 bridgehead atoms. The summed E-state index contributed by atoms with van der Waals surface area (Å²) in [5.74, 6) is -13.3. The zero-order chi connectivity index (χ0) is 61.8. The Morgan fingerprint density at radius 3 is 1.23 bits per heavy atom. The largest absolute Gasteiger partial charge is 0.864 e. The number of rotatable bonds is 14. The van der Waals surface area contributed by atoms with E-state index in [0.717, 1.165) is 30.3 Å². The highest BCUT2D eigenvalue weighted by molar-refractivity contribution is 8.34. The number of Topliss-reactive ketones (excluding diaryl/α,β-unsaturated/α-hetero) is 2. The van der Waals surface area contributed by atoms with Crippen LogP contribution >= 0.6 is 10.0 Å². The molecule has 7 rings (SSSR count). The van der Waals surface area contributed by atoms with Gasteiger partial charge in [-0.1, -0.05) is 48.5 Å². The fraction of sp³-hybridized carbons (Fsp3) is 0.269. The van der Waals surface area contributed by atoms with Gasteiger partial charge in [0.15, 0.2) is 11.6 Å². The van der Waals surface area contributed by atoms with Crippen molar-refractivity contribution in [2.75, 3.05) is 11.5 Å². The molecular formula is C52H31BF24O5S. The van der Waals surface area contributed by atoms with Crippen molar-refractivity contribution in [3.63, 3.8) is 0 Å². The molecule has 1 aliphatic rings. The van der Waals surface area contributed by atoms with Gasteiger partial charge < -0.3 is 14.0 Å². The zero-order valence-corrected chi connectivity index (χ0v) is 41.6. The normalized spacial score (nSPS) is 15.0. The van der Waals surface area contributed by atoms with E-state index in [1.165, 1.54) is 18.2 Å². The van der Waals surface area contributed by atoms with E-state index in [1.54, 1.807) is 0 Å². The predicted molar refractivity (Wildman–Crippen MR) is 245 cm³/mol. The van der Waals surface area contributed by atoms with E-state index >= 15 is 31.1 Å². The minimum Gasteiger partial charge on any atom is -0.490 e. The molecule has 0 aliphatic heterocycles. The first-order valence-corrected chi connectivity index (χ1v) is 25.1. The van der Waals surface area contributed by atoms with Crippen molar-refractivity contribution in [2.24, 2.45) is 0 Å². The molecule has 83 heavy (non-hydrogen) atoms. The van der Waals surface area contributed by atoms with Crippen LogP contribution in [-0.2, 0) is 62.3 Å². The van der Waals surface area contributed by atoms with Crippen LogP contribution in [0.4, 0.5) is 105 Å². The molecule has 0 amide bonds. The summed E-state index contributed by atoms with van der Waals surface area (Å²) in [7, 11) is -9.48. The first kappa shape index (κ1) is 63.4. The first-order valence-electron chi connectivity index (χ1n) is 23.2. The van der Waals surface area contributed by atoms with Crippen molar-refractivity contribution in [1.29, 1.82) is 0 Å². The molecule has 1 atom stereocenters. The van der Waals surface area contributed by atoms with Crippen molar-refractivity contribution in [1.82, 2.24) is 0 Å². The van der Waals surface area contributed by atoms with Gasteiger partial charge in [0.05, 0.1) is 44.5 Å². The van der Waals surface area contributed by atoms with Crippen LogP contribution in [0.3, 0.4) is 0 Å². The maximum Gasteiger partial charge on any atom is 0.864 e. The lowest BCUT2D eigenvalue weighted by Gasteiger charge is -2.43. The van der Waals surface area contributed by atoms with Gasteiger partial charge in [-0.25, -0.2) is 0 Å². The number of alkyl halides is 24. The van der Waals surface area contributed by atoms with Crippen LogP contribution in [0.25, 0.3) is 0 Å². The fourth-order valence-corrected chi connectivity index (χ4v) is 12.7. The minimum absolute atomic E-state index is 0.0414. The summed E-state index contributed by atoms with van der Waals surface area (Å²) >= 11 is 0.